The van der Waals surface area contributed by atoms with Crippen molar-refractivity contribution in [3.63, 3.8) is 0 Å². The Morgan fingerprint density at radius 2 is 1.80 bits per heavy atom. The summed E-state index contributed by atoms with van der Waals surface area (Å²) in [5, 5.41) is 12.4. The van der Waals surface area contributed by atoms with Gasteiger partial charge in [0.25, 0.3) is 0 Å². The van der Waals surface area contributed by atoms with E-state index in [4.69, 9.17) is 0 Å². The lowest BCUT2D eigenvalue weighted by Gasteiger charge is -2.38. The summed E-state index contributed by atoms with van der Waals surface area (Å²) in [5.74, 6) is 1.03. The lowest BCUT2D eigenvalue weighted by Crippen LogP contribution is -2.50. The third-order valence-electron chi connectivity index (χ3n) is 4.63. The first-order chi connectivity index (χ1) is 9.90. The highest BCUT2D eigenvalue weighted by atomic mass is 15.4. The summed E-state index contributed by atoms with van der Waals surface area (Å²) in [6, 6.07) is 4.87. The first-order valence-corrected chi connectivity index (χ1v) is 7.56. The minimum atomic E-state index is 0.804. The molecule has 0 bridgehead atoms. The molecule has 0 aromatic carbocycles. The molecule has 106 valence electrons. The summed E-state index contributed by atoms with van der Waals surface area (Å²) < 4.78 is 1.75. The van der Waals surface area contributed by atoms with Gasteiger partial charge in [0.05, 0.1) is 0 Å². The Kier molecular flexibility index (Phi) is 3.03. The Morgan fingerprint density at radius 1 is 1.00 bits per heavy atom. The fourth-order valence-electron chi connectivity index (χ4n) is 3.47. The molecule has 0 radical (unpaired) electrons. The van der Waals surface area contributed by atoms with Gasteiger partial charge in [-0.1, -0.05) is 12.8 Å². The van der Waals surface area contributed by atoms with Crippen molar-refractivity contribution in [2.75, 3.05) is 31.1 Å². The van der Waals surface area contributed by atoms with Gasteiger partial charge in [0.15, 0.2) is 5.65 Å². The summed E-state index contributed by atoms with van der Waals surface area (Å²) in [7, 11) is 0. The summed E-state index contributed by atoms with van der Waals surface area (Å²) in [5.41, 5.74) is 0.804. The Hall–Kier alpha value is -1.69. The molecular formula is C14H20N6. The second kappa shape index (κ2) is 5.01. The molecule has 4 rings (SSSR count). The molecule has 0 amide bonds. The molecule has 1 saturated heterocycles. The Morgan fingerprint density at radius 3 is 2.60 bits per heavy atom. The van der Waals surface area contributed by atoms with Crippen LogP contribution in [0.3, 0.4) is 0 Å². The number of anilines is 1. The molecule has 1 saturated carbocycles. The molecule has 1 aliphatic carbocycles. The number of nitrogens with zero attached hydrogens (tertiary/aromatic N) is 6. The van der Waals surface area contributed by atoms with E-state index in [1.54, 1.807) is 10.8 Å². The topological polar surface area (TPSA) is 49.6 Å². The van der Waals surface area contributed by atoms with E-state index >= 15 is 0 Å². The van der Waals surface area contributed by atoms with Gasteiger partial charge in [-0.25, -0.2) is 0 Å². The van der Waals surface area contributed by atoms with Crippen LogP contribution < -0.4 is 4.90 Å². The van der Waals surface area contributed by atoms with E-state index in [2.05, 4.69) is 31.2 Å². The van der Waals surface area contributed by atoms with Crippen molar-refractivity contribution in [1.29, 1.82) is 0 Å². The first-order valence-electron chi connectivity index (χ1n) is 7.56. The van der Waals surface area contributed by atoms with Crippen molar-refractivity contribution >= 4 is 11.5 Å². The molecule has 0 unspecified atom stereocenters. The molecule has 2 aromatic heterocycles. The van der Waals surface area contributed by atoms with Crippen LogP contribution in [0.1, 0.15) is 25.7 Å². The number of fused-ring (bicyclic) bond motifs is 1. The smallest absolute Gasteiger partial charge is 0.177 e. The van der Waals surface area contributed by atoms with Crippen LogP contribution in [-0.2, 0) is 0 Å². The Bertz CT molecular complexity index is 580. The van der Waals surface area contributed by atoms with Gasteiger partial charge in [0, 0.05) is 32.2 Å². The summed E-state index contributed by atoms with van der Waals surface area (Å²) >= 11 is 0. The second-order valence-electron chi connectivity index (χ2n) is 5.79. The first kappa shape index (κ1) is 12.1. The van der Waals surface area contributed by atoms with Crippen LogP contribution in [0, 0.1) is 0 Å². The fourth-order valence-corrected chi connectivity index (χ4v) is 3.47. The van der Waals surface area contributed by atoms with Crippen molar-refractivity contribution < 1.29 is 0 Å². The highest BCUT2D eigenvalue weighted by molar-refractivity contribution is 5.45. The highest BCUT2D eigenvalue weighted by Gasteiger charge is 2.26. The third kappa shape index (κ3) is 2.14. The van der Waals surface area contributed by atoms with Crippen LogP contribution in [0.25, 0.3) is 5.65 Å². The molecule has 2 fully saturated rings. The molecule has 1 aliphatic heterocycles. The second-order valence-corrected chi connectivity index (χ2v) is 5.79. The van der Waals surface area contributed by atoms with Gasteiger partial charge in [0.1, 0.15) is 12.1 Å². The number of hydrogen-bond acceptors (Lipinski definition) is 5. The number of rotatable bonds is 2. The third-order valence-corrected chi connectivity index (χ3v) is 4.63. The summed E-state index contributed by atoms with van der Waals surface area (Å²) in [6.07, 6.45) is 7.27. The predicted octanol–water partition coefficient (Wildman–Crippen LogP) is 1.19. The molecule has 6 heteroatoms. The minimum absolute atomic E-state index is 0.804. The zero-order chi connectivity index (χ0) is 13.4. The quantitative estimate of drug-likeness (QED) is 0.822. The zero-order valence-corrected chi connectivity index (χ0v) is 11.6. The van der Waals surface area contributed by atoms with Crippen molar-refractivity contribution in [1.82, 2.24) is 24.7 Å². The molecular weight excluding hydrogens is 252 g/mol. The molecule has 0 spiro atoms. The van der Waals surface area contributed by atoms with Crippen LogP contribution >= 0.6 is 0 Å². The molecule has 0 atom stereocenters. The average molecular weight is 272 g/mol. The van der Waals surface area contributed by atoms with Gasteiger partial charge in [-0.3, -0.25) is 4.90 Å². The lowest BCUT2D eigenvalue weighted by molar-refractivity contribution is 0.187. The van der Waals surface area contributed by atoms with Crippen molar-refractivity contribution in [2.45, 2.75) is 31.7 Å². The van der Waals surface area contributed by atoms with E-state index in [0.29, 0.717) is 0 Å². The SMILES string of the molecule is c1cc2nncn2nc1N1CCN(C2CCCC2)CC1. The Labute approximate surface area is 118 Å². The number of hydrogen-bond donors (Lipinski definition) is 0. The van der Waals surface area contributed by atoms with Crippen LogP contribution in [-0.4, -0.2) is 56.9 Å². The predicted molar refractivity (Wildman–Crippen MR) is 76.8 cm³/mol. The van der Waals surface area contributed by atoms with Crippen LogP contribution in [0.4, 0.5) is 5.82 Å². The molecule has 2 aliphatic rings. The zero-order valence-electron chi connectivity index (χ0n) is 11.6. The maximum Gasteiger partial charge on any atom is 0.177 e. The van der Waals surface area contributed by atoms with Gasteiger partial charge in [-0.2, -0.15) is 4.52 Å². The standard InChI is InChI=1S/C14H20N6/c1-2-4-12(3-1)18-7-9-19(10-8-18)14-6-5-13-16-15-11-20(13)17-14/h5-6,11-12H,1-4,7-10H2. The van der Waals surface area contributed by atoms with Crippen LogP contribution in [0.5, 0.6) is 0 Å². The van der Waals surface area contributed by atoms with E-state index in [-0.39, 0.29) is 0 Å². The van der Waals surface area contributed by atoms with Gasteiger partial charge in [-0.05, 0) is 25.0 Å². The molecule has 20 heavy (non-hydrogen) atoms. The van der Waals surface area contributed by atoms with Gasteiger partial charge in [0.2, 0.25) is 0 Å². The summed E-state index contributed by atoms with van der Waals surface area (Å²) in [4.78, 5) is 5.03. The van der Waals surface area contributed by atoms with Crippen LogP contribution in [0.2, 0.25) is 0 Å². The lowest BCUT2D eigenvalue weighted by atomic mass is 10.2. The van der Waals surface area contributed by atoms with Crippen LogP contribution in [0.15, 0.2) is 18.5 Å². The van der Waals surface area contributed by atoms with Gasteiger partial charge < -0.3 is 4.90 Å². The maximum absolute atomic E-state index is 4.58. The average Bonchev–Trinajstić information content (AvgIpc) is 3.18. The van der Waals surface area contributed by atoms with E-state index in [0.717, 1.165) is 43.7 Å². The number of aromatic nitrogens is 4. The molecule has 3 heterocycles. The number of piperazine rings is 1. The van der Waals surface area contributed by atoms with Gasteiger partial charge in [-0.15, -0.1) is 15.3 Å². The van der Waals surface area contributed by atoms with E-state index in [1.807, 2.05) is 6.07 Å². The van der Waals surface area contributed by atoms with Crippen molar-refractivity contribution in [3.8, 4) is 0 Å². The summed E-state index contributed by atoms with van der Waals surface area (Å²) in [6.45, 7) is 4.45. The maximum atomic E-state index is 4.58. The van der Waals surface area contributed by atoms with E-state index in [9.17, 15) is 0 Å². The molecule has 0 N–H and O–H groups in total. The van der Waals surface area contributed by atoms with Crippen molar-refractivity contribution in [3.05, 3.63) is 18.5 Å². The normalized spacial score (nSPS) is 21.9. The van der Waals surface area contributed by atoms with Gasteiger partial charge >= 0.3 is 0 Å². The minimum Gasteiger partial charge on any atom is -0.353 e. The monoisotopic (exact) mass is 272 g/mol. The Balaban J connectivity index is 1.45. The molecule has 2 aromatic rings. The fraction of sp³-hybridized carbons (Fsp3) is 0.643. The van der Waals surface area contributed by atoms with Crippen molar-refractivity contribution in [2.24, 2.45) is 0 Å². The highest BCUT2D eigenvalue weighted by Crippen LogP contribution is 2.25. The van der Waals surface area contributed by atoms with E-state index < -0.39 is 0 Å². The molecule has 6 nitrogen and oxygen atoms in total. The van der Waals surface area contributed by atoms with E-state index in [1.165, 1.54) is 25.7 Å². The largest absolute Gasteiger partial charge is 0.353 e.